The van der Waals surface area contributed by atoms with E-state index in [9.17, 15) is 5.26 Å². The Balaban J connectivity index is 1.87. The lowest BCUT2D eigenvalue weighted by Gasteiger charge is -2.04. The van der Waals surface area contributed by atoms with Crippen molar-refractivity contribution in [1.29, 1.82) is 5.26 Å². The molecule has 0 saturated heterocycles. The van der Waals surface area contributed by atoms with Crippen molar-refractivity contribution < 1.29 is 4.74 Å². The van der Waals surface area contributed by atoms with Crippen LogP contribution in [0.15, 0.2) is 49.2 Å². The molecule has 0 unspecified atom stereocenters. The molecule has 3 rings (SSSR count). The van der Waals surface area contributed by atoms with E-state index in [-0.39, 0.29) is 0 Å². The van der Waals surface area contributed by atoms with E-state index in [1.54, 1.807) is 24.2 Å². The van der Waals surface area contributed by atoms with Crippen LogP contribution >= 0.6 is 0 Å². The lowest BCUT2D eigenvalue weighted by molar-refractivity contribution is 0.134. The zero-order valence-corrected chi connectivity index (χ0v) is 13.2. The molecule has 1 aromatic carbocycles. The summed E-state index contributed by atoms with van der Waals surface area (Å²) >= 11 is 0. The number of nitriles is 1. The number of allylic oxidation sites excluding steroid dienone is 1. The third-order valence-corrected chi connectivity index (χ3v) is 3.44. The Morgan fingerprint density at radius 2 is 2.12 bits per heavy atom. The van der Waals surface area contributed by atoms with Crippen molar-refractivity contribution >= 4 is 16.7 Å². The molecule has 0 saturated carbocycles. The van der Waals surface area contributed by atoms with Gasteiger partial charge in [0.1, 0.15) is 30.3 Å². The minimum Gasteiger partial charge on any atom is -0.386 e. The average molecular weight is 320 g/mol. The van der Waals surface area contributed by atoms with Crippen LogP contribution in [-0.2, 0) is 18.0 Å². The molecule has 0 fully saturated rings. The zero-order chi connectivity index (χ0) is 16.8. The van der Waals surface area contributed by atoms with Gasteiger partial charge in [0, 0.05) is 19.9 Å². The van der Waals surface area contributed by atoms with Crippen LogP contribution in [0.4, 0.5) is 0 Å². The molecule has 2 heterocycles. The summed E-state index contributed by atoms with van der Waals surface area (Å²) in [5.74, 6) is 0. The Labute approximate surface area is 139 Å². The second kappa shape index (κ2) is 7.35. The number of rotatable bonds is 6. The molecule has 0 amide bonds. The van der Waals surface area contributed by atoms with Gasteiger partial charge in [-0.05, 0) is 5.56 Å². The molecule has 0 aliphatic carbocycles. The molecule has 3 aromatic rings. The molecule has 24 heavy (non-hydrogen) atoms. The highest BCUT2D eigenvalue weighted by atomic mass is 16.5. The van der Waals surface area contributed by atoms with Gasteiger partial charge in [-0.3, -0.25) is 4.57 Å². The van der Waals surface area contributed by atoms with E-state index in [4.69, 9.17) is 4.74 Å². The highest BCUT2D eigenvalue weighted by molar-refractivity contribution is 5.89. The standard InChI is InChI=1S/C17H16N6O/c1-24-12-23-11-22-16-15(20-10-21-17(16)23)14(7-18)9-19-8-13-5-3-2-4-6-13/h2-6,9-11,19H,8,12H2,1H3/b14-9+. The van der Waals surface area contributed by atoms with E-state index in [1.165, 1.54) is 6.33 Å². The Bertz CT molecular complexity index is 894. The third-order valence-electron chi connectivity index (χ3n) is 3.44. The van der Waals surface area contributed by atoms with Gasteiger partial charge < -0.3 is 10.1 Å². The van der Waals surface area contributed by atoms with Gasteiger partial charge in [0.25, 0.3) is 0 Å². The van der Waals surface area contributed by atoms with Gasteiger partial charge in [-0.15, -0.1) is 0 Å². The molecule has 120 valence electrons. The number of imidazole rings is 1. The number of hydrogen-bond donors (Lipinski definition) is 1. The number of fused-ring (bicyclic) bond motifs is 1. The van der Waals surface area contributed by atoms with E-state index in [1.807, 2.05) is 30.3 Å². The van der Waals surface area contributed by atoms with Crippen LogP contribution in [0.3, 0.4) is 0 Å². The summed E-state index contributed by atoms with van der Waals surface area (Å²) in [6.45, 7) is 0.961. The summed E-state index contributed by atoms with van der Waals surface area (Å²) in [4.78, 5) is 12.7. The SMILES string of the molecule is COCn1cnc2c(/C(C#N)=C/NCc3ccccc3)ncnc21. The molecule has 0 spiro atoms. The predicted molar refractivity (Wildman–Crippen MR) is 89.2 cm³/mol. The Morgan fingerprint density at radius 3 is 2.88 bits per heavy atom. The summed E-state index contributed by atoms with van der Waals surface area (Å²) in [5.41, 5.74) is 3.23. The van der Waals surface area contributed by atoms with Crippen LogP contribution in [0.2, 0.25) is 0 Å². The zero-order valence-electron chi connectivity index (χ0n) is 13.2. The number of nitrogens with one attached hydrogen (secondary N) is 1. The summed E-state index contributed by atoms with van der Waals surface area (Å²) in [6, 6.07) is 12.1. The van der Waals surface area contributed by atoms with Crippen molar-refractivity contribution in [2.45, 2.75) is 13.3 Å². The summed E-state index contributed by atoms with van der Waals surface area (Å²) in [5, 5.41) is 12.6. The predicted octanol–water partition coefficient (Wildman–Crippen LogP) is 2.08. The fourth-order valence-corrected chi connectivity index (χ4v) is 2.33. The fraction of sp³-hybridized carbons (Fsp3) is 0.176. The summed E-state index contributed by atoms with van der Waals surface area (Å²) in [6.07, 6.45) is 4.71. The Hall–Kier alpha value is -3.24. The minimum absolute atomic E-state index is 0.338. The number of nitrogens with zero attached hydrogens (tertiary/aromatic N) is 5. The third kappa shape index (κ3) is 3.24. The van der Waals surface area contributed by atoms with Crippen molar-refractivity contribution in [3.05, 3.63) is 60.4 Å². The highest BCUT2D eigenvalue weighted by Gasteiger charge is 2.13. The topological polar surface area (TPSA) is 88.7 Å². The van der Waals surface area contributed by atoms with E-state index < -0.39 is 0 Å². The average Bonchev–Trinajstić information content (AvgIpc) is 3.03. The molecule has 0 atom stereocenters. The van der Waals surface area contributed by atoms with E-state index in [0.717, 1.165) is 5.56 Å². The molecular weight excluding hydrogens is 304 g/mol. The van der Waals surface area contributed by atoms with Gasteiger partial charge in [-0.25, -0.2) is 15.0 Å². The second-order valence-electron chi connectivity index (χ2n) is 5.06. The number of methoxy groups -OCH3 is 1. The first-order valence-corrected chi connectivity index (χ1v) is 7.36. The van der Waals surface area contributed by atoms with Crippen molar-refractivity contribution in [3.63, 3.8) is 0 Å². The second-order valence-corrected chi connectivity index (χ2v) is 5.06. The number of benzene rings is 1. The Morgan fingerprint density at radius 1 is 1.29 bits per heavy atom. The maximum Gasteiger partial charge on any atom is 0.165 e. The van der Waals surface area contributed by atoms with Gasteiger partial charge >= 0.3 is 0 Å². The number of aromatic nitrogens is 4. The lowest BCUT2D eigenvalue weighted by atomic mass is 10.2. The molecule has 0 aliphatic rings. The molecule has 0 bridgehead atoms. The van der Waals surface area contributed by atoms with Crippen molar-refractivity contribution in [3.8, 4) is 6.07 Å². The number of hydrogen-bond acceptors (Lipinski definition) is 6. The van der Waals surface area contributed by atoms with Crippen LogP contribution in [0.5, 0.6) is 0 Å². The van der Waals surface area contributed by atoms with E-state index in [0.29, 0.717) is 35.7 Å². The van der Waals surface area contributed by atoms with Crippen LogP contribution in [0.25, 0.3) is 16.7 Å². The molecule has 0 aliphatic heterocycles. The number of ether oxygens (including phenoxy) is 1. The van der Waals surface area contributed by atoms with Crippen molar-refractivity contribution in [2.24, 2.45) is 0 Å². The summed E-state index contributed by atoms with van der Waals surface area (Å²) < 4.78 is 6.86. The fourth-order valence-electron chi connectivity index (χ4n) is 2.33. The Kier molecular flexibility index (Phi) is 4.79. The molecule has 7 nitrogen and oxygen atoms in total. The normalized spacial score (nSPS) is 11.4. The maximum atomic E-state index is 9.47. The molecule has 1 N–H and O–H groups in total. The smallest absolute Gasteiger partial charge is 0.165 e. The maximum absolute atomic E-state index is 9.47. The van der Waals surface area contributed by atoms with Gasteiger partial charge in [0.15, 0.2) is 5.65 Å². The van der Waals surface area contributed by atoms with Gasteiger partial charge in [-0.1, -0.05) is 30.3 Å². The molecule has 7 heteroatoms. The minimum atomic E-state index is 0.338. The van der Waals surface area contributed by atoms with Crippen LogP contribution in [0.1, 0.15) is 11.3 Å². The summed E-state index contributed by atoms with van der Waals surface area (Å²) in [7, 11) is 1.60. The lowest BCUT2D eigenvalue weighted by Crippen LogP contribution is -2.06. The van der Waals surface area contributed by atoms with Gasteiger partial charge in [-0.2, -0.15) is 5.26 Å². The first kappa shape index (κ1) is 15.6. The van der Waals surface area contributed by atoms with Crippen LogP contribution < -0.4 is 5.32 Å². The molecular formula is C17H16N6O. The van der Waals surface area contributed by atoms with Crippen molar-refractivity contribution in [2.75, 3.05) is 7.11 Å². The monoisotopic (exact) mass is 320 g/mol. The van der Waals surface area contributed by atoms with Crippen molar-refractivity contribution in [1.82, 2.24) is 24.8 Å². The highest BCUT2D eigenvalue weighted by Crippen LogP contribution is 2.19. The first-order chi connectivity index (χ1) is 11.8. The molecule has 2 aromatic heterocycles. The van der Waals surface area contributed by atoms with Gasteiger partial charge in [0.2, 0.25) is 0 Å². The largest absolute Gasteiger partial charge is 0.386 e. The quantitative estimate of drug-likeness (QED) is 0.700. The van der Waals surface area contributed by atoms with Crippen LogP contribution in [0, 0.1) is 11.3 Å². The first-order valence-electron chi connectivity index (χ1n) is 7.36. The van der Waals surface area contributed by atoms with E-state index in [2.05, 4.69) is 26.3 Å². The molecule has 0 radical (unpaired) electrons. The van der Waals surface area contributed by atoms with Gasteiger partial charge in [0.05, 0.1) is 11.9 Å². The van der Waals surface area contributed by atoms with E-state index >= 15 is 0 Å². The van der Waals surface area contributed by atoms with Crippen LogP contribution in [-0.4, -0.2) is 26.6 Å².